The van der Waals surface area contributed by atoms with Crippen molar-refractivity contribution >= 4 is 12.2 Å². The normalized spacial score (nSPS) is 25.1. The molecule has 0 bridgehead atoms. The summed E-state index contributed by atoms with van der Waals surface area (Å²) in [4.78, 5) is 29.2. The average Bonchev–Trinajstić information content (AvgIpc) is 3.57. The maximum Gasteiger partial charge on any atom is 0.410 e. The van der Waals surface area contributed by atoms with Gasteiger partial charge in [0.15, 0.2) is 0 Å². The Labute approximate surface area is 276 Å². The van der Waals surface area contributed by atoms with Gasteiger partial charge in [-0.15, -0.1) is 0 Å². The van der Waals surface area contributed by atoms with Crippen molar-refractivity contribution in [2.24, 2.45) is 25.9 Å². The topological polar surface area (TPSA) is 94.7 Å². The third kappa shape index (κ3) is 8.26. The van der Waals surface area contributed by atoms with Crippen LogP contribution < -0.4 is 0 Å². The lowest BCUT2D eigenvalue weighted by atomic mass is 9.79. The zero-order valence-electron chi connectivity index (χ0n) is 29.7. The molecule has 2 aromatic rings. The van der Waals surface area contributed by atoms with Gasteiger partial charge in [-0.1, -0.05) is 0 Å². The van der Waals surface area contributed by atoms with E-state index in [0.717, 1.165) is 77.3 Å². The molecule has 2 fully saturated rings. The van der Waals surface area contributed by atoms with Crippen molar-refractivity contribution in [3.8, 4) is 0 Å². The Morgan fingerprint density at radius 2 is 1.04 bits per heavy atom. The first kappa shape index (κ1) is 34.3. The van der Waals surface area contributed by atoms with Gasteiger partial charge in [-0.05, 0) is 142 Å². The van der Waals surface area contributed by atoms with Crippen LogP contribution in [0, 0.1) is 11.8 Å². The van der Waals surface area contributed by atoms with E-state index in [4.69, 9.17) is 9.47 Å². The van der Waals surface area contributed by atoms with E-state index in [1.807, 2.05) is 87.2 Å². The number of likely N-dealkylation sites (tertiary alicyclic amines) is 2. The molecule has 4 heterocycles. The molecule has 0 unspecified atom stereocenters. The van der Waals surface area contributed by atoms with Crippen LogP contribution in [0.2, 0.25) is 0 Å². The fourth-order valence-electron chi connectivity index (χ4n) is 7.99. The maximum atomic E-state index is 12.6. The van der Waals surface area contributed by atoms with Crippen LogP contribution in [-0.2, 0) is 49.3 Å². The molecule has 0 radical (unpaired) electrons. The lowest BCUT2D eigenvalue weighted by molar-refractivity contribution is -0.000736. The van der Waals surface area contributed by atoms with Gasteiger partial charge in [0.25, 0.3) is 0 Å². The van der Waals surface area contributed by atoms with Gasteiger partial charge >= 0.3 is 12.2 Å². The largest absolute Gasteiger partial charge is 0.444 e. The predicted octanol–water partition coefficient (Wildman–Crippen LogP) is 6.63. The Morgan fingerprint density at radius 3 is 1.41 bits per heavy atom. The van der Waals surface area contributed by atoms with Crippen LogP contribution in [-0.4, -0.2) is 77.9 Å². The van der Waals surface area contributed by atoms with E-state index in [-0.39, 0.29) is 12.2 Å². The number of carbonyl (C=O) groups is 2. The lowest BCUT2D eigenvalue weighted by Gasteiger charge is -2.42. The van der Waals surface area contributed by atoms with E-state index in [9.17, 15) is 9.59 Å². The number of amides is 2. The second-order valence-electron chi connectivity index (χ2n) is 16.0. The molecule has 2 amide bonds. The van der Waals surface area contributed by atoms with Crippen molar-refractivity contribution in [2.45, 2.75) is 142 Å². The summed E-state index contributed by atoms with van der Waals surface area (Å²) in [5.41, 5.74) is 4.58. The summed E-state index contributed by atoms with van der Waals surface area (Å²) in [7, 11) is 4.04. The standard InChI is InChI=1S/2C18H29N3O2/c2*1-18(2,3)23-17(22)21-10-6-5-7-15(21)13-8-9-14-12-19-20(4)16(14)11-13/h2*12-13,15H,5-11H2,1-4H3/t2*13-,15+/m10/s1. The van der Waals surface area contributed by atoms with Crippen LogP contribution in [0.25, 0.3) is 0 Å². The van der Waals surface area contributed by atoms with E-state index < -0.39 is 11.2 Å². The van der Waals surface area contributed by atoms with Crippen LogP contribution in [0.4, 0.5) is 9.59 Å². The third-order valence-electron chi connectivity index (χ3n) is 10.2. The smallest absolute Gasteiger partial charge is 0.410 e. The number of aromatic nitrogens is 4. The Hall–Kier alpha value is -3.04. The molecule has 0 aromatic carbocycles. The summed E-state index contributed by atoms with van der Waals surface area (Å²) < 4.78 is 15.3. The highest BCUT2D eigenvalue weighted by molar-refractivity contribution is 5.69. The molecule has 256 valence electrons. The molecule has 4 atom stereocenters. The molecule has 2 aromatic heterocycles. The van der Waals surface area contributed by atoms with Crippen LogP contribution in [0.15, 0.2) is 12.4 Å². The molecule has 0 saturated carbocycles. The fourth-order valence-corrected chi connectivity index (χ4v) is 7.99. The first-order valence-electron chi connectivity index (χ1n) is 17.7. The summed E-state index contributed by atoms with van der Waals surface area (Å²) in [5.74, 6) is 1.04. The molecule has 2 saturated heterocycles. The summed E-state index contributed by atoms with van der Waals surface area (Å²) in [5, 5.41) is 8.78. The Bertz CT molecular complexity index is 1250. The van der Waals surface area contributed by atoms with E-state index in [2.05, 4.69) is 10.2 Å². The second kappa shape index (κ2) is 14.0. The molecule has 0 spiro atoms. The van der Waals surface area contributed by atoms with Crippen molar-refractivity contribution < 1.29 is 19.1 Å². The highest BCUT2D eigenvalue weighted by Crippen LogP contribution is 2.35. The van der Waals surface area contributed by atoms with Gasteiger partial charge in [-0.3, -0.25) is 9.36 Å². The van der Waals surface area contributed by atoms with E-state index >= 15 is 0 Å². The molecular formula is C36H58N6O4. The molecule has 10 nitrogen and oxygen atoms in total. The zero-order valence-corrected chi connectivity index (χ0v) is 29.7. The Morgan fingerprint density at radius 1 is 0.652 bits per heavy atom. The maximum absolute atomic E-state index is 12.6. The van der Waals surface area contributed by atoms with Crippen molar-refractivity contribution in [3.05, 3.63) is 34.9 Å². The van der Waals surface area contributed by atoms with Crippen LogP contribution >= 0.6 is 0 Å². The first-order valence-corrected chi connectivity index (χ1v) is 17.7. The quantitative estimate of drug-likeness (QED) is 0.367. The third-order valence-corrected chi connectivity index (χ3v) is 10.2. The highest BCUT2D eigenvalue weighted by Gasteiger charge is 2.39. The van der Waals surface area contributed by atoms with E-state index in [0.29, 0.717) is 23.9 Å². The average molecular weight is 639 g/mol. The molecule has 10 heteroatoms. The molecular weight excluding hydrogens is 580 g/mol. The minimum Gasteiger partial charge on any atom is -0.444 e. The van der Waals surface area contributed by atoms with Crippen LogP contribution in [0.5, 0.6) is 0 Å². The van der Waals surface area contributed by atoms with E-state index in [1.54, 1.807) is 0 Å². The van der Waals surface area contributed by atoms with Gasteiger partial charge in [0, 0.05) is 50.7 Å². The number of piperidine rings is 2. The number of hydrogen-bond acceptors (Lipinski definition) is 6. The number of carbonyl (C=O) groups excluding carboxylic acids is 2. The van der Waals surface area contributed by atoms with Gasteiger partial charge in [0.1, 0.15) is 11.2 Å². The molecule has 2 aliphatic heterocycles. The fraction of sp³-hybridized carbons (Fsp3) is 0.778. The van der Waals surface area contributed by atoms with Gasteiger partial charge in [-0.25, -0.2) is 9.59 Å². The van der Waals surface area contributed by atoms with Gasteiger partial charge in [0.2, 0.25) is 0 Å². The number of rotatable bonds is 2. The van der Waals surface area contributed by atoms with Gasteiger partial charge < -0.3 is 19.3 Å². The molecule has 6 rings (SSSR count). The summed E-state index contributed by atoms with van der Waals surface area (Å²) in [6.45, 7) is 13.3. The number of nitrogens with zero attached hydrogens (tertiary/aromatic N) is 6. The number of hydrogen-bond donors (Lipinski definition) is 0. The van der Waals surface area contributed by atoms with Crippen molar-refractivity contribution in [1.82, 2.24) is 29.4 Å². The van der Waals surface area contributed by atoms with E-state index in [1.165, 1.54) is 35.4 Å². The first-order chi connectivity index (χ1) is 21.7. The molecule has 0 N–H and O–H groups in total. The second-order valence-corrected chi connectivity index (χ2v) is 16.0. The highest BCUT2D eigenvalue weighted by atomic mass is 16.6. The van der Waals surface area contributed by atoms with Crippen molar-refractivity contribution in [3.63, 3.8) is 0 Å². The minimum absolute atomic E-state index is 0.141. The summed E-state index contributed by atoms with van der Waals surface area (Å²) in [6, 6.07) is 0.614. The monoisotopic (exact) mass is 638 g/mol. The Kier molecular flexibility index (Phi) is 10.4. The minimum atomic E-state index is -0.430. The van der Waals surface area contributed by atoms with Gasteiger partial charge in [0.05, 0.1) is 12.4 Å². The SMILES string of the molecule is Cn1ncc2c1C[C@@H]([C@H]1CCCCN1C(=O)OC(C)(C)C)CC2.Cn1ncc2c1C[C@H]([C@@H]1CCCCN1C(=O)OC(C)(C)C)CC2. The molecule has 4 aliphatic rings. The number of aryl methyl sites for hydroxylation is 4. The van der Waals surface area contributed by atoms with Gasteiger partial charge in [-0.2, -0.15) is 10.2 Å². The lowest BCUT2D eigenvalue weighted by Crippen LogP contribution is -2.50. The number of fused-ring (bicyclic) bond motifs is 2. The van der Waals surface area contributed by atoms with Crippen molar-refractivity contribution in [1.29, 1.82) is 0 Å². The van der Waals surface area contributed by atoms with Crippen molar-refractivity contribution in [2.75, 3.05) is 13.1 Å². The van der Waals surface area contributed by atoms with Crippen LogP contribution in [0.3, 0.4) is 0 Å². The zero-order chi connectivity index (χ0) is 33.2. The molecule has 46 heavy (non-hydrogen) atoms. The number of ether oxygens (including phenoxy) is 2. The Balaban J connectivity index is 0.000000181. The summed E-state index contributed by atoms with van der Waals surface area (Å²) in [6.07, 6.45) is 17.0. The predicted molar refractivity (Wildman–Crippen MR) is 179 cm³/mol. The molecule has 2 aliphatic carbocycles. The summed E-state index contributed by atoms with van der Waals surface area (Å²) >= 11 is 0. The van der Waals surface area contributed by atoms with Crippen LogP contribution in [0.1, 0.15) is 115 Å².